The average molecular weight is 282 g/mol. The third kappa shape index (κ3) is 3.51. The number of nitrogens with one attached hydrogen (secondary N) is 2. The number of hydrogen-bond donors (Lipinski definition) is 3. The van der Waals surface area contributed by atoms with Crippen molar-refractivity contribution < 1.29 is 14.7 Å². The largest absolute Gasteiger partial charge is 0.391 e. The van der Waals surface area contributed by atoms with Crippen LogP contribution < -0.4 is 10.6 Å². The average Bonchev–Trinajstić information content (AvgIpc) is 3.13. The summed E-state index contributed by atoms with van der Waals surface area (Å²) in [6.07, 6.45) is 4.03. The van der Waals surface area contributed by atoms with Crippen LogP contribution >= 0.6 is 0 Å². The van der Waals surface area contributed by atoms with Gasteiger partial charge in [-0.25, -0.2) is 0 Å². The summed E-state index contributed by atoms with van der Waals surface area (Å²) in [5.74, 6) is -0.349. The Labute approximate surface area is 120 Å². The van der Waals surface area contributed by atoms with Crippen molar-refractivity contribution in [2.75, 3.05) is 0 Å². The van der Waals surface area contributed by atoms with E-state index >= 15 is 0 Å². The van der Waals surface area contributed by atoms with Gasteiger partial charge in [-0.05, 0) is 38.0 Å². The molecule has 0 spiro atoms. The van der Waals surface area contributed by atoms with Gasteiger partial charge < -0.3 is 15.7 Å². The maximum Gasteiger partial charge on any atom is 0.245 e. The summed E-state index contributed by atoms with van der Waals surface area (Å²) in [4.78, 5) is 24.1. The van der Waals surface area contributed by atoms with Gasteiger partial charge >= 0.3 is 0 Å². The number of rotatable bonds is 5. The molecule has 0 aromatic rings. The fraction of sp³-hybridized carbons (Fsp3) is 0.867. The zero-order chi connectivity index (χ0) is 14.9. The van der Waals surface area contributed by atoms with Crippen molar-refractivity contribution >= 4 is 11.8 Å². The van der Waals surface area contributed by atoms with E-state index in [1.165, 1.54) is 6.92 Å². The van der Waals surface area contributed by atoms with Gasteiger partial charge in [-0.15, -0.1) is 0 Å². The van der Waals surface area contributed by atoms with E-state index in [-0.39, 0.29) is 29.2 Å². The lowest BCUT2D eigenvalue weighted by Crippen LogP contribution is -2.56. The fourth-order valence-corrected chi connectivity index (χ4v) is 2.88. The molecule has 5 nitrogen and oxygen atoms in total. The molecule has 0 heterocycles. The van der Waals surface area contributed by atoms with Crippen molar-refractivity contribution in [3.05, 3.63) is 0 Å². The number of carbonyl (C=O) groups is 2. The van der Waals surface area contributed by atoms with E-state index in [0.717, 1.165) is 32.1 Å². The van der Waals surface area contributed by atoms with E-state index in [0.29, 0.717) is 0 Å². The molecule has 0 aliphatic heterocycles. The molecule has 20 heavy (non-hydrogen) atoms. The standard InChI is InChI=1S/C15H26N2O3/c1-9(18)12(17-13(19)10-6-7-10)14(20)16-11-5-4-8-15(11,2)3/h9-12,18H,4-8H2,1-3H3,(H,16,20)(H,17,19). The van der Waals surface area contributed by atoms with Gasteiger partial charge in [-0.1, -0.05) is 20.3 Å². The van der Waals surface area contributed by atoms with Crippen LogP contribution in [0.4, 0.5) is 0 Å². The molecule has 2 fully saturated rings. The van der Waals surface area contributed by atoms with Crippen LogP contribution in [-0.2, 0) is 9.59 Å². The van der Waals surface area contributed by atoms with Gasteiger partial charge in [0, 0.05) is 12.0 Å². The van der Waals surface area contributed by atoms with Gasteiger partial charge in [-0.3, -0.25) is 9.59 Å². The second kappa shape index (κ2) is 5.72. The number of hydrogen-bond acceptors (Lipinski definition) is 3. The quantitative estimate of drug-likeness (QED) is 0.702. The van der Waals surface area contributed by atoms with E-state index < -0.39 is 12.1 Å². The second-order valence-electron chi connectivity index (χ2n) is 6.94. The van der Waals surface area contributed by atoms with Crippen LogP contribution in [0.1, 0.15) is 52.9 Å². The first-order valence-electron chi connectivity index (χ1n) is 7.60. The minimum atomic E-state index is -0.887. The van der Waals surface area contributed by atoms with Crippen LogP contribution in [-0.4, -0.2) is 35.1 Å². The van der Waals surface area contributed by atoms with Gasteiger partial charge in [-0.2, -0.15) is 0 Å². The van der Waals surface area contributed by atoms with Gasteiger partial charge in [0.2, 0.25) is 11.8 Å². The van der Waals surface area contributed by atoms with Gasteiger partial charge in [0.15, 0.2) is 0 Å². The molecular weight excluding hydrogens is 256 g/mol. The molecule has 3 N–H and O–H groups in total. The van der Waals surface area contributed by atoms with Crippen molar-refractivity contribution in [1.82, 2.24) is 10.6 Å². The summed E-state index contributed by atoms with van der Waals surface area (Å²) in [6.45, 7) is 5.83. The first-order valence-corrected chi connectivity index (χ1v) is 7.60. The smallest absolute Gasteiger partial charge is 0.245 e. The molecule has 3 unspecified atom stereocenters. The van der Waals surface area contributed by atoms with Crippen molar-refractivity contribution in [3.8, 4) is 0 Å². The lowest BCUT2D eigenvalue weighted by atomic mass is 9.87. The first-order chi connectivity index (χ1) is 9.31. The fourth-order valence-electron chi connectivity index (χ4n) is 2.88. The van der Waals surface area contributed by atoms with Gasteiger partial charge in [0.05, 0.1) is 6.10 Å². The molecule has 0 saturated heterocycles. The van der Waals surface area contributed by atoms with E-state index in [4.69, 9.17) is 0 Å². The SMILES string of the molecule is CC(O)C(NC(=O)C1CC1)C(=O)NC1CCCC1(C)C. The van der Waals surface area contributed by atoms with E-state index in [2.05, 4.69) is 24.5 Å². The van der Waals surface area contributed by atoms with Crippen LogP contribution in [0, 0.1) is 11.3 Å². The van der Waals surface area contributed by atoms with Crippen LogP contribution in [0.25, 0.3) is 0 Å². The van der Waals surface area contributed by atoms with E-state index in [9.17, 15) is 14.7 Å². The molecule has 2 aliphatic rings. The zero-order valence-corrected chi connectivity index (χ0v) is 12.6. The summed E-state index contributed by atoms with van der Waals surface area (Å²) in [6, 6.07) is -0.728. The van der Waals surface area contributed by atoms with E-state index in [1.807, 2.05) is 0 Å². The van der Waals surface area contributed by atoms with Crippen LogP contribution in [0.15, 0.2) is 0 Å². The minimum absolute atomic E-state index is 0.0342. The molecule has 2 saturated carbocycles. The maximum atomic E-state index is 12.3. The van der Waals surface area contributed by atoms with E-state index in [1.54, 1.807) is 0 Å². The van der Waals surface area contributed by atoms with Crippen molar-refractivity contribution in [2.45, 2.75) is 71.1 Å². The molecular formula is C15H26N2O3. The highest BCUT2D eigenvalue weighted by molar-refractivity contribution is 5.89. The number of aliphatic hydroxyl groups is 1. The highest BCUT2D eigenvalue weighted by Gasteiger charge is 2.38. The Morgan fingerprint density at radius 1 is 1.25 bits per heavy atom. The monoisotopic (exact) mass is 282 g/mol. The predicted molar refractivity (Wildman–Crippen MR) is 75.9 cm³/mol. The Kier molecular flexibility index (Phi) is 4.37. The summed E-state index contributed by atoms with van der Waals surface area (Å²) in [5, 5.41) is 15.4. The number of amides is 2. The lowest BCUT2D eigenvalue weighted by molar-refractivity contribution is -0.132. The Morgan fingerprint density at radius 2 is 1.90 bits per heavy atom. The van der Waals surface area contributed by atoms with Gasteiger partial charge in [0.1, 0.15) is 6.04 Å². The van der Waals surface area contributed by atoms with Crippen LogP contribution in [0.5, 0.6) is 0 Å². The highest BCUT2D eigenvalue weighted by atomic mass is 16.3. The maximum absolute atomic E-state index is 12.3. The molecule has 114 valence electrons. The second-order valence-corrected chi connectivity index (χ2v) is 6.94. The zero-order valence-electron chi connectivity index (χ0n) is 12.6. The normalized spacial score (nSPS) is 27.7. The van der Waals surface area contributed by atoms with Crippen LogP contribution in [0.2, 0.25) is 0 Å². The molecule has 0 bridgehead atoms. The third-order valence-corrected chi connectivity index (χ3v) is 4.58. The summed E-state index contributed by atoms with van der Waals surface area (Å²) in [7, 11) is 0. The number of carbonyl (C=O) groups excluding carboxylic acids is 2. The third-order valence-electron chi connectivity index (χ3n) is 4.58. The molecule has 0 aromatic heterocycles. The Morgan fingerprint density at radius 3 is 2.35 bits per heavy atom. The molecule has 2 rings (SSSR count). The Hall–Kier alpha value is -1.10. The lowest BCUT2D eigenvalue weighted by Gasteiger charge is -2.30. The predicted octanol–water partition coefficient (Wildman–Crippen LogP) is 0.957. The van der Waals surface area contributed by atoms with Crippen molar-refractivity contribution in [2.24, 2.45) is 11.3 Å². The number of aliphatic hydroxyl groups excluding tert-OH is 1. The topological polar surface area (TPSA) is 78.4 Å². The molecule has 0 aromatic carbocycles. The van der Waals surface area contributed by atoms with Crippen LogP contribution in [0.3, 0.4) is 0 Å². The summed E-state index contributed by atoms with van der Waals surface area (Å²) in [5.41, 5.74) is 0.0827. The Balaban J connectivity index is 1.94. The molecule has 3 atom stereocenters. The van der Waals surface area contributed by atoms with Crippen molar-refractivity contribution in [1.29, 1.82) is 0 Å². The summed E-state index contributed by atoms with van der Waals surface area (Å²) < 4.78 is 0. The molecule has 2 aliphatic carbocycles. The van der Waals surface area contributed by atoms with Crippen molar-refractivity contribution in [3.63, 3.8) is 0 Å². The van der Waals surface area contributed by atoms with Gasteiger partial charge in [0.25, 0.3) is 0 Å². The minimum Gasteiger partial charge on any atom is -0.391 e. The first kappa shape index (κ1) is 15.3. The highest BCUT2D eigenvalue weighted by Crippen LogP contribution is 2.37. The Bertz CT molecular complexity index is 389. The molecule has 0 radical (unpaired) electrons. The molecule has 5 heteroatoms. The molecule has 2 amide bonds. The summed E-state index contributed by atoms with van der Waals surface area (Å²) >= 11 is 0.